The van der Waals surface area contributed by atoms with Gasteiger partial charge in [-0.15, -0.1) is 0 Å². The van der Waals surface area contributed by atoms with Crippen LogP contribution in [0.15, 0.2) is 36.4 Å². The standard InChI is InChI=1S/C15H14N2O2/c1-10-5-3-4-6-13(10)19-14-8-12(17)15(18-2)7-11(14)9-16/h3-8H,17H2,1-2H3. The first-order chi connectivity index (χ1) is 9.15. The van der Waals surface area contributed by atoms with Crippen molar-refractivity contribution in [3.05, 3.63) is 47.5 Å². The van der Waals surface area contributed by atoms with Crippen LogP contribution in [0.25, 0.3) is 0 Å². The summed E-state index contributed by atoms with van der Waals surface area (Å²) in [5, 5.41) is 9.15. The van der Waals surface area contributed by atoms with Crippen LogP contribution < -0.4 is 15.2 Å². The molecule has 2 aromatic rings. The van der Waals surface area contributed by atoms with Gasteiger partial charge in [0.1, 0.15) is 23.3 Å². The Labute approximate surface area is 112 Å². The Bertz CT molecular complexity index is 645. The number of nitrogen functional groups attached to an aromatic ring is 1. The van der Waals surface area contributed by atoms with E-state index in [1.54, 1.807) is 12.1 Å². The fraction of sp³-hybridized carbons (Fsp3) is 0.133. The Balaban J connectivity index is 2.43. The number of benzene rings is 2. The first kappa shape index (κ1) is 12.8. The van der Waals surface area contributed by atoms with Crippen molar-refractivity contribution >= 4 is 5.69 Å². The number of aryl methyl sites for hydroxylation is 1. The number of anilines is 1. The van der Waals surface area contributed by atoms with E-state index in [4.69, 9.17) is 20.5 Å². The third kappa shape index (κ3) is 2.61. The summed E-state index contributed by atoms with van der Waals surface area (Å²) in [4.78, 5) is 0. The molecule has 0 aliphatic heterocycles. The van der Waals surface area contributed by atoms with E-state index < -0.39 is 0 Å². The summed E-state index contributed by atoms with van der Waals surface area (Å²) in [6.45, 7) is 1.94. The van der Waals surface area contributed by atoms with Crippen molar-refractivity contribution < 1.29 is 9.47 Å². The van der Waals surface area contributed by atoms with Gasteiger partial charge < -0.3 is 15.2 Å². The van der Waals surface area contributed by atoms with Gasteiger partial charge in [0.05, 0.1) is 18.4 Å². The topological polar surface area (TPSA) is 68.3 Å². The summed E-state index contributed by atoms with van der Waals surface area (Å²) >= 11 is 0. The van der Waals surface area contributed by atoms with E-state index in [9.17, 15) is 0 Å². The van der Waals surface area contributed by atoms with Crippen molar-refractivity contribution in [2.75, 3.05) is 12.8 Å². The Morgan fingerprint density at radius 2 is 1.84 bits per heavy atom. The van der Waals surface area contributed by atoms with Gasteiger partial charge in [0.2, 0.25) is 0 Å². The van der Waals surface area contributed by atoms with Gasteiger partial charge in [0.15, 0.2) is 0 Å². The summed E-state index contributed by atoms with van der Waals surface area (Å²) in [6, 6.07) is 12.8. The molecule has 0 amide bonds. The molecular formula is C15H14N2O2. The van der Waals surface area contributed by atoms with Crippen LogP contribution in [0.4, 0.5) is 5.69 Å². The molecule has 4 nitrogen and oxygen atoms in total. The van der Waals surface area contributed by atoms with Crippen LogP contribution >= 0.6 is 0 Å². The minimum absolute atomic E-state index is 0.384. The van der Waals surface area contributed by atoms with Crippen molar-refractivity contribution in [1.29, 1.82) is 5.26 Å². The average molecular weight is 254 g/mol. The number of hydrogen-bond donors (Lipinski definition) is 1. The largest absolute Gasteiger partial charge is 0.495 e. The second kappa shape index (κ2) is 5.32. The van der Waals surface area contributed by atoms with Crippen LogP contribution in [0, 0.1) is 18.3 Å². The van der Waals surface area contributed by atoms with Gasteiger partial charge in [-0.05, 0) is 18.6 Å². The molecule has 0 fully saturated rings. The third-order valence-electron chi connectivity index (χ3n) is 2.77. The zero-order valence-electron chi connectivity index (χ0n) is 10.8. The first-order valence-electron chi connectivity index (χ1n) is 5.76. The van der Waals surface area contributed by atoms with Gasteiger partial charge in [-0.1, -0.05) is 18.2 Å². The van der Waals surface area contributed by atoms with Crippen molar-refractivity contribution in [3.8, 4) is 23.3 Å². The molecule has 4 heteroatoms. The van der Waals surface area contributed by atoms with Crippen molar-refractivity contribution in [2.45, 2.75) is 6.92 Å². The number of nitrogens with two attached hydrogens (primary N) is 1. The summed E-state index contributed by atoms with van der Waals surface area (Å²) < 4.78 is 10.8. The molecule has 2 rings (SSSR count). The Hall–Kier alpha value is -2.67. The quantitative estimate of drug-likeness (QED) is 0.854. The highest BCUT2D eigenvalue weighted by atomic mass is 16.5. The molecule has 0 aromatic heterocycles. The van der Waals surface area contributed by atoms with E-state index in [-0.39, 0.29) is 0 Å². The number of nitrogens with zero attached hydrogens (tertiary/aromatic N) is 1. The molecule has 0 aliphatic carbocycles. The fourth-order valence-corrected chi connectivity index (χ4v) is 1.71. The number of para-hydroxylation sites is 1. The highest BCUT2D eigenvalue weighted by molar-refractivity contribution is 5.63. The van der Waals surface area contributed by atoms with E-state index in [0.29, 0.717) is 28.5 Å². The number of ether oxygens (including phenoxy) is 2. The maximum absolute atomic E-state index is 9.15. The highest BCUT2D eigenvalue weighted by Gasteiger charge is 2.11. The van der Waals surface area contributed by atoms with Crippen LogP contribution in [0.1, 0.15) is 11.1 Å². The monoisotopic (exact) mass is 254 g/mol. The minimum Gasteiger partial charge on any atom is -0.495 e. The highest BCUT2D eigenvalue weighted by Crippen LogP contribution is 2.34. The van der Waals surface area contributed by atoms with Gasteiger partial charge in [-0.25, -0.2) is 0 Å². The maximum atomic E-state index is 9.15. The molecule has 0 atom stereocenters. The Kier molecular flexibility index (Phi) is 3.58. The minimum atomic E-state index is 0.384. The van der Waals surface area contributed by atoms with Crippen molar-refractivity contribution in [2.24, 2.45) is 0 Å². The molecule has 96 valence electrons. The predicted molar refractivity (Wildman–Crippen MR) is 73.4 cm³/mol. The molecule has 0 radical (unpaired) electrons. The maximum Gasteiger partial charge on any atom is 0.147 e. The smallest absolute Gasteiger partial charge is 0.147 e. The predicted octanol–water partition coefficient (Wildman–Crippen LogP) is 3.25. The first-order valence-corrected chi connectivity index (χ1v) is 5.76. The van der Waals surface area contributed by atoms with Crippen molar-refractivity contribution in [1.82, 2.24) is 0 Å². The van der Waals surface area contributed by atoms with E-state index in [0.717, 1.165) is 5.56 Å². The number of methoxy groups -OCH3 is 1. The lowest BCUT2D eigenvalue weighted by Crippen LogP contribution is -1.96. The normalized spacial score (nSPS) is 9.74. The lowest BCUT2D eigenvalue weighted by molar-refractivity contribution is 0.415. The third-order valence-corrected chi connectivity index (χ3v) is 2.77. The van der Waals surface area contributed by atoms with Crippen LogP contribution in [-0.4, -0.2) is 7.11 Å². The summed E-state index contributed by atoms with van der Waals surface area (Å²) in [7, 11) is 1.51. The van der Waals surface area contributed by atoms with Gasteiger partial charge in [-0.2, -0.15) is 5.26 Å². The summed E-state index contributed by atoms with van der Waals surface area (Å²) in [6.07, 6.45) is 0. The van der Waals surface area contributed by atoms with Gasteiger partial charge in [0.25, 0.3) is 0 Å². The van der Waals surface area contributed by atoms with Crippen LogP contribution in [0.2, 0.25) is 0 Å². The summed E-state index contributed by atoms with van der Waals surface area (Å²) in [5.74, 6) is 1.59. The van der Waals surface area contributed by atoms with Gasteiger partial charge in [0, 0.05) is 12.1 Å². The molecule has 0 saturated carbocycles. The Morgan fingerprint density at radius 1 is 1.11 bits per heavy atom. The van der Waals surface area contributed by atoms with E-state index in [1.165, 1.54) is 7.11 Å². The fourth-order valence-electron chi connectivity index (χ4n) is 1.71. The molecule has 0 aliphatic rings. The number of nitriles is 1. The van der Waals surface area contributed by atoms with Crippen molar-refractivity contribution in [3.63, 3.8) is 0 Å². The molecule has 19 heavy (non-hydrogen) atoms. The Morgan fingerprint density at radius 3 is 2.47 bits per heavy atom. The molecule has 0 bridgehead atoms. The lowest BCUT2D eigenvalue weighted by atomic mass is 10.1. The molecule has 0 unspecified atom stereocenters. The number of hydrogen-bond acceptors (Lipinski definition) is 4. The second-order valence-corrected chi connectivity index (χ2v) is 4.07. The molecule has 0 spiro atoms. The molecular weight excluding hydrogens is 240 g/mol. The average Bonchev–Trinajstić information content (AvgIpc) is 2.42. The lowest BCUT2D eigenvalue weighted by Gasteiger charge is -2.12. The molecule has 2 aromatic carbocycles. The van der Waals surface area contributed by atoms with Crippen LogP contribution in [0.3, 0.4) is 0 Å². The molecule has 2 N–H and O–H groups in total. The zero-order valence-corrected chi connectivity index (χ0v) is 10.8. The van der Waals surface area contributed by atoms with Crippen LogP contribution in [0.5, 0.6) is 17.2 Å². The van der Waals surface area contributed by atoms with Gasteiger partial charge >= 0.3 is 0 Å². The summed E-state index contributed by atoms with van der Waals surface area (Å²) in [5.41, 5.74) is 7.64. The zero-order chi connectivity index (χ0) is 13.8. The second-order valence-electron chi connectivity index (χ2n) is 4.07. The van der Waals surface area contributed by atoms with Crippen LogP contribution in [-0.2, 0) is 0 Å². The molecule has 0 saturated heterocycles. The van der Waals surface area contributed by atoms with Gasteiger partial charge in [-0.3, -0.25) is 0 Å². The molecule has 0 heterocycles. The van der Waals surface area contributed by atoms with E-state index in [1.807, 2.05) is 31.2 Å². The van der Waals surface area contributed by atoms with E-state index in [2.05, 4.69) is 6.07 Å². The van der Waals surface area contributed by atoms with E-state index >= 15 is 0 Å². The number of rotatable bonds is 3. The SMILES string of the molecule is COc1cc(C#N)c(Oc2ccccc2C)cc1N.